The predicted molar refractivity (Wildman–Crippen MR) is 56.6 cm³/mol. The molecule has 0 fully saturated rings. The van der Waals surface area contributed by atoms with Gasteiger partial charge >= 0.3 is 0 Å². The van der Waals surface area contributed by atoms with Crippen molar-refractivity contribution >= 4 is 6.08 Å². The van der Waals surface area contributed by atoms with Gasteiger partial charge in [0.2, 0.25) is 0 Å². The smallest absolute Gasteiger partial charge is 0.115 e. The molecular weight excluding hydrogens is 160 g/mol. The summed E-state index contributed by atoms with van der Waals surface area (Å²) in [5, 5.41) is 9.06. The van der Waals surface area contributed by atoms with Crippen LogP contribution in [0.5, 0.6) is 5.75 Å². The molecule has 1 aromatic carbocycles. The molecule has 0 aromatic heterocycles. The highest BCUT2D eigenvalue weighted by molar-refractivity contribution is 5.51. The second-order valence-electron chi connectivity index (χ2n) is 4.29. The lowest BCUT2D eigenvalue weighted by Crippen LogP contribution is -1.97. The summed E-state index contributed by atoms with van der Waals surface area (Å²) in [5.74, 6) is 0.313. The van der Waals surface area contributed by atoms with Crippen molar-refractivity contribution < 1.29 is 5.11 Å². The van der Waals surface area contributed by atoms with Gasteiger partial charge in [-0.3, -0.25) is 0 Å². The number of hydrogen-bond donors (Lipinski definition) is 1. The van der Waals surface area contributed by atoms with Crippen LogP contribution in [0.3, 0.4) is 0 Å². The summed E-state index contributed by atoms with van der Waals surface area (Å²) in [6.07, 6.45) is 4.22. The molecule has 13 heavy (non-hydrogen) atoms. The molecule has 0 radical (unpaired) electrons. The van der Waals surface area contributed by atoms with Crippen LogP contribution in [0.4, 0.5) is 0 Å². The maximum Gasteiger partial charge on any atom is 0.115 e. The van der Waals surface area contributed by atoms with E-state index in [1.165, 1.54) is 0 Å². The molecule has 70 valence electrons. The number of aromatic hydroxyl groups is 1. The summed E-state index contributed by atoms with van der Waals surface area (Å²) in [7, 11) is 0. The van der Waals surface area contributed by atoms with Crippen molar-refractivity contribution in [2.24, 2.45) is 5.41 Å². The van der Waals surface area contributed by atoms with Crippen LogP contribution in [0.15, 0.2) is 30.3 Å². The van der Waals surface area contributed by atoms with Crippen LogP contribution in [-0.4, -0.2) is 5.11 Å². The van der Waals surface area contributed by atoms with E-state index in [2.05, 4.69) is 32.9 Å². The Hall–Kier alpha value is -1.24. The lowest BCUT2D eigenvalue weighted by Gasteiger charge is -2.10. The van der Waals surface area contributed by atoms with Crippen LogP contribution in [-0.2, 0) is 0 Å². The third kappa shape index (κ3) is 3.79. The fraction of sp³-hybridized carbons (Fsp3) is 0.333. The summed E-state index contributed by atoms with van der Waals surface area (Å²) in [6.45, 7) is 6.47. The van der Waals surface area contributed by atoms with Gasteiger partial charge in [0.1, 0.15) is 5.75 Å². The highest BCUT2D eigenvalue weighted by Gasteiger charge is 2.02. The fourth-order valence-electron chi connectivity index (χ4n) is 0.932. The van der Waals surface area contributed by atoms with Crippen LogP contribution in [0.25, 0.3) is 6.08 Å². The van der Waals surface area contributed by atoms with E-state index in [9.17, 15) is 0 Å². The van der Waals surface area contributed by atoms with Gasteiger partial charge in [-0.25, -0.2) is 0 Å². The second-order valence-corrected chi connectivity index (χ2v) is 4.29. The Morgan fingerprint density at radius 3 is 2.08 bits per heavy atom. The molecule has 0 atom stereocenters. The molecule has 0 heterocycles. The number of benzene rings is 1. The van der Waals surface area contributed by atoms with Crippen molar-refractivity contribution in [2.45, 2.75) is 20.8 Å². The minimum absolute atomic E-state index is 0.206. The van der Waals surface area contributed by atoms with Gasteiger partial charge in [0.25, 0.3) is 0 Å². The first-order chi connectivity index (χ1) is 5.97. The number of allylic oxidation sites excluding steroid dienone is 1. The monoisotopic (exact) mass is 176 g/mol. The quantitative estimate of drug-likeness (QED) is 0.694. The van der Waals surface area contributed by atoms with Crippen molar-refractivity contribution in [1.82, 2.24) is 0 Å². The van der Waals surface area contributed by atoms with Crippen LogP contribution in [0.2, 0.25) is 0 Å². The number of phenolic OH excluding ortho intramolecular Hbond substituents is 1. The Morgan fingerprint density at radius 2 is 1.62 bits per heavy atom. The highest BCUT2D eigenvalue weighted by atomic mass is 16.3. The van der Waals surface area contributed by atoms with E-state index in [0.717, 1.165) is 5.56 Å². The average Bonchev–Trinajstić information content (AvgIpc) is 2.02. The predicted octanol–water partition coefficient (Wildman–Crippen LogP) is 3.45. The third-order valence-corrected chi connectivity index (χ3v) is 1.67. The van der Waals surface area contributed by atoms with Gasteiger partial charge < -0.3 is 5.11 Å². The Balaban J connectivity index is 2.75. The van der Waals surface area contributed by atoms with Crippen molar-refractivity contribution in [3.63, 3.8) is 0 Å². The zero-order chi connectivity index (χ0) is 9.90. The van der Waals surface area contributed by atoms with Gasteiger partial charge in [0.15, 0.2) is 0 Å². The first-order valence-electron chi connectivity index (χ1n) is 4.46. The van der Waals surface area contributed by atoms with Gasteiger partial charge in [-0.05, 0) is 23.1 Å². The lowest BCUT2D eigenvalue weighted by molar-refractivity contribution is 0.475. The molecule has 0 bridgehead atoms. The molecule has 0 amide bonds. The normalized spacial score (nSPS) is 12.2. The molecule has 1 rings (SSSR count). The minimum Gasteiger partial charge on any atom is -0.508 e. The van der Waals surface area contributed by atoms with Crippen LogP contribution in [0, 0.1) is 5.41 Å². The number of hydrogen-bond acceptors (Lipinski definition) is 1. The molecule has 0 aliphatic rings. The van der Waals surface area contributed by atoms with E-state index in [1.54, 1.807) is 12.1 Å². The Labute approximate surface area is 79.7 Å². The molecule has 0 saturated carbocycles. The maximum absolute atomic E-state index is 9.06. The molecule has 0 aliphatic heterocycles. The summed E-state index contributed by atoms with van der Waals surface area (Å²) < 4.78 is 0. The summed E-state index contributed by atoms with van der Waals surface area (Å²) in [5.41, 5.74) is 1.32. The summed E-state index contributed by atoms with van der Waals surface area (Å²) >= 11 is 0. The molecule has 0 unspecified atom stereocenters. The average molecular weight is 176 g/mol. The third-order valence-electron chi connectivity index (χ3n) is 1.67. The number of phenols is 1. The van der Waals surface area contributed by atoms with E-state index in [-0.39, 0.29) is 5.41 Å². The summed E-state index contributed by atoms with van der Waals surface area (Å²) in [4.78, 5) is 0. The van der Waals surface area contributed by atoms with E-state index in [4.69, 9.17) is 5.11 Å². The van der Waals surface area contributed by atoms with Crippen molar-refractivity contribution in [1.29, 1.82) is 0 Å². The Bertz CT molecular complexity index is 288. The molecule has 1 aromatic rings. The molecular formula is C12H16O. The van der Waals surface area contributed by atoms with E-state index in [1.807, 2.05) is 12.1 Å². The van der Waals surface area contributed by atoms with Crippen LogP contribution >= 0.6 is 0 Å². The van der Waals surface area contributed by atoms with Crippen molar-refractivity contribution in [3.05, 3.63) is 35.9 Å². The van der Waals surface area contributed by atoms with Crippen molar-refractivity contribution in [2.75, 3.05) is 0 Å². The molecule has 1 N–H and O–H groups in total. The van der Waals surface area contributed by atoms with Gasteiger partial charge in [-0.1, -0.05) is 45.1 Å². The minimum atomic E-state index is 0.206. The maximum atomic E-state index is 9.06. The van der Waals surface area contributed by atoms with Crippen LogP contribution in [0.1, 0.15) is 26.3 Å². The first kappa shape index (κ1) is 9.85. The van der Waals surface area contributed by atoms with E-state index in [0.29, 0.717) is 5.75 Å². The summed E-state index contributed by atoms with van der Waals surface area (Å²) in [6, 6.07) is 7.19. The van der Waals surface area contributed by atoms with Crippen molar-refractivity contribution in [3.8, 4) is 5.75 Å². The van der Waals surface area contributed by atoms with E-state index >= 15 is 0 Å². The SMILES string of the molecule is CC(C)(C)/C=C\c1ccc(O)cc1. The highest BCUT2D eigenvalue weighted by Crippen LogP contribution is 2.18. The number of rotatable bonds is 1. The van der Waals surface area contributed by atoms with Gasteiger partial charge in [-0.15, -0.1) is 0 Å². The lowest BCUT2D eigenvalue weighted by atomic mass is 9.95. The molecule has 0 spiro atoms. The van der Waals surface area contributed by atoms with E-state index < -0.39 is 0 Å². The second kappa shape index (κ2) is 3.65. The molecule has 1 heteroatoms. The molecule has 0 aliphatic carbocycles. The Kier molecular flexibility index (Phi) is 2.76. The van der Waals surface area contributed by atoms with Gasteiger partial charge in [0.05, 0.1) is 0 Å². The van der Waals surface area contributed by atoms with Gasteiger partial charge in [-0.2, -0.15) is 0 Å². The Morgan fingerprint density at radius 1 is 1.08 bits per heavy atom. The molecule has 0 saturated heterocycles. The fourth-order valence-corrected chi connectivity index (χ4v) is 0.932. The zero-order valence-electron chi connectivity index (χ0n) is 8.41. The van der Waals surface area contributed by atoms with Crippen LogP contribution < -0.4 is 0 Å². The largest absolute Gasteiger partial charge is 0.508 e. The van der Waals surface area contributed by atoms with Gasteiger partial charge in [0, 0.05) is 0 Å². The first-order valence-corrected chi connectivity index (χ1v) is 4.46. The topological polar surface area (TPSA) is 20.2 Å². The zero-order valence-corrected chi connectivity index (χ0v) is 8.41. The molecule has 1 nitrogen and oxygen atoms in total. The standard InChI is InChI=1S/C12H16O/c1-12(2,3)9-8-10-4-6-11(13)7-5-10/h4-9,13H,1-3H3/b9-8-.